The van der Waals surface area contributed by atoms with Gasteiger partial charge in [0.2, 0.25) is 0 Å². The standard InChI is InChI=1S/C9H13N3S.C8H8ClN.C4H8O.C3H8.C2H4O/c1-7-3-8(6-13-7)12-5-9(4-10)11-2;1-2-10-8-6-4-3-5-7(8)9;1-2-4-5-3-1;1-3-2;1-2-3/h3-6,11H,10H2,1-2H3;2-6,10H,1H2;1-4H2;3H2,1-2H3;2H,1H3/b9-4+,12-5?;;;;. The molecule has 0 radical (unpaired) electrons. The van der Waals surface area contributed by atoms with Crippen molar-refractivity contribution in [1.82, 2.24) is 5.32 Å². The molecule has 34 heavy (non-hydrogen) atoms. The van der Waals surface area contributed by atoms with Gasteiger partial charge < -0.3 is 25.9 Å². The van der Waals surface area contributed by atoms with Crippen LogP contribution in [0.3, 0.4) is 0 Å². The zero-order valence-electron chi connectivity index (χ0n) is 21.1. The molecule has 0 spiro atoms. The SMILES string of the molecule is C1CCOC1.C=CNc1ccccc1Cl.CC=O.CCC.CN/C(C=Nc1csc(C)c1)=C/N. The summed E-state index contributed by atoms with van der Waals surface area (Å²) in [4.78, 5) is 14.3. The fourth-order valence-electron chi connectivity index (χ4n) is 2.03. The Morgan fingerprint density at radius 1 is 1.29 bits per heavy atom. The molecular formula is C26H41ClN4O2S. The number of aryl methyl sites for hydroxylation is 1. The van der Waals surface area contributed by atoms with Crippen molar-refractivity contribution >= 4 is 46.8 Å². The summed E-state index contributed by atoms with van der Waals surface area (Å²) >= 11 is 7.48. The van der Waals surface area contributed by atoms with E-state index in [1.165, 1.54) is 37.3 Å². The lowest BCUT2D eigenvalue weighted by molar-refractivity contribution is -0.106. The van der Waals surface area contributed by atoms with Gasteiger partial charge in [-0.1, -0.05) is 50.6 Å². The third-order valence-corrected chi connectivity index (χ3v) is 4.67. The van der Waals surface area contributed by atoms with E-state index in [1.807, 2.05) is 42.8 Å². The van der Waals surface area contributed by atoms with Gasteiger partial charge in [0.05, 0.1) is 28.3 Å². The van der Waals surface area contributed by atoms with Crippen LogP contribution >= 0.6 is 22.9 Å². The molecule has 0 unspecified atom stereocenters. The maximum absolute atomic E-state index is 8.81. The van der Waals surface area contributed by atoms with Crippen molar-refractivity contribution in [2.75, 3.05) is 25.6 Å². The predicted octanol–water partition coefficient (Wildman–Crippen LogP) is 7.09. The van der Waals surface area contributed by atoms with Crippen LogP contribution in [0.15, 0.2) is 65.4 Å². The summed E-state index contributed by atoms with van der Waals surface area (Å²) in [5.41, 5.74) is 8.01. The second-order valence-electron chi connectivity index (χ2n) is 6.64. The van der Waals surface area contributed by atoms with Crippen molar-refractivity contribution in [1.29, 1.82) is 0 Å². The average molecular weight is 509 g/mol. The molecule has 4 N–H and O–H groups in total. The first-order valence-corrected chi connectivity index (χ1v) is 12.5. The number of allylic oxidation sites excluding steroid dienone is 1. The highest BCUT2D eigenvalue weighted by atomic mass is 35.5. The third-order valence-electron chi connectivity index (χ3n) is 3.50. The zero-order chi connectivity index (χ0) is 26.0. The number of nitrogens with zero attached hydrogens (tertiary/aromatic N) is 1. The number of carbonyl (C=O) groups is 1. The largest absolute Gasteiger partial charge is 0.403 e. The number of carbonyl (C=O) groups excluding carboxylic acids is 1. The van der Waals surface area contributed by atoms with Gasteiger partial charge in [-0.05, 0) is 51.1 Å². The van der Waals surface area contributed by atoms with Crippen LogP contribution in [0.2, 0.25) is 5.02 Å². The van der Waals surface area contributed by atoms with Gasteiger partial charge in [-0.25, -0.2) is 0 Å². The summed E-state index contributed by atoms with van der Waals surface area (Å²) in [6.07, 6.45) is 9.35. The number of thiophene rings is 1. The lowest BCUT2D eigenvalue weighted by atomic mass is 10.3. The van der Waals surface area contributed by atoms with E-state index in [1.54, 1.807) is 23.8 Å². The van der Waals surface area contributed by atoms with Crippen molar-refractivity contribution in [3.8, 4) is 0 Å². The fraction of sp³-hybridized carbons (Fsp3) is 0.385. The Hall–Kier alpha value is -2.61. The lowest BCUT2D eigenvalue weighted by Gasteiger charge is -2.00. The van der Waals surface area contributed by atoms with Crippen LogP contribution < -0.4 is 16.4 Å². The minimum atomic E-state index is 0.711. The van der Waals surface area contributed by atoms with Crippen LogP contribution in [0.5, 0.6) is 0 Å². The number of anilines is 1. The number of hydrogen-bond donors (Lipinski definition) is 3. The highest BCUT2D eigenvalue weighted by Gasteiger charge is 1.95. The van der Waals surface area contributed by atoms with Crippen molar-refractivity contribution in [2.45, 2.75) is 47.0 Å². The summed E-state index contributed by atoms with van der Waals surface area (Å²) < 4.78 is 4.94. The van der Waals surface area contributed by atoms with Gasteiger partial charge in [-0.3, -0.25) is 4.99 Å². The number of hydrogen-bond acceptors (Lipinski definition) is 7. The lowest BCUT2D eigenvalue weighted by Crippen LogP contribution is -2.08. The van der Waals surface area contributed by atoms with Gasteiger partial charge in [0.15, 0.2) is 0 Å². The van der Waals surface area contributed by atoms with Gasteiger partial charge in [-0.2, -0.15) is 0 Å². The van der Waals surface area contributed by atoms with Gasteiger partial charge in [0, 0.05) is 36.7 Å². The normalized spacial score (nSPS) is 11.8. The predicted molar refractivity (Wildman–Crippen MR) is 152 cm³/mol. The molecule has 0 aliphatic carbocycles. The van der Waals surface area contributed by atoms with Crippen LogP contribution in [-0.4, -0.2) is 32.8 Å². The summed E-state index contributed by atoms with van der Waals surface area (Å²) in [6, 6.07) is 9.55. The van der Waals surface area contributed by atoms with E-state index in [2.05, 4.69) is 43.0 Å². The molecule has 0 atom stereocenters. The Morgan fingerprint density at radius 3 is 2.26 bits per heavy atom. The second-order valence-corrected chi connectivity index (χ2v) is 8.16. The minimum absolute atomic E-state index is 0.711. The Bertz CT molecular complexity index is 811. The van der Waals surface area contributed by atoms with Crippen LogP contribution in [0.4, 0.5) is 11.4 Å². The summed E-state index contributed by atoms with van der Waals surface area (Å²) in [7, 11) is 1.81. The first-order chi connectivity index (χ1) is 16.4. The van der Waals surface area contributed by atoms with E-state index in [-0.39, 0.29) is 0 Å². The minimum Gasteiger partial charge on any atom is -0.403 e. The van der Waals surface area contributed by atoms with Gasteiger partial charge in [0.25, 0.3) is 0 Å². The molecule has 2 heterocycles. The van der Waals surface area contributed by atoms with E-state index >= 15 is 0 Å². The molecule has 1 fully saturated rings. The molecule has 1 aromatic heterocycles. The van der Waals surface area contributed by atoms with Crippen LogP contribution in [0.25, 0.3) is 0 Å². The molecule has 190 valence electrons. The van der Waals surface area contributed by atoms with Gasteiger partial charge in [0.1, 0.15) is 6.29 Å². The first-order valence-electron chi connectivity index (χ1n) is 11.2. The molecule has 1 saturated heterocycles. The average Bonchev–Trinajstić information content (AvgIpc) is 3.53. The maximum atomic E-state index is 8.81. The molecule has 0 bridgehead atoms. The first kappa shape index (κ1) is 33.6. The molecule has 2 aromatic rings. The third kappa shape index (κ3) is 20.0. The molecule has 1 aliphatic heterocycles. The van der Waals surface area contributed by atoms with Crippen molar-refractivity contribution in [3.05, 3.63) is 70.3 Å². The number of nitrogens with one attached hydrogen (secondary N) is 2. The quantitative estimate of drug-likeness (QED) is 0.296. The molecule has 6 nitrogen and oxygen atoms in total. The highest BCUT2D eigenvalue weighted by molar-refractivity contribution is 7.10. The Balaban J connectivity index is 0. The number of benzene rings is 1. The zero-order valence-corrected chi connectivity index (χ0v) is 22.7. The highest BCUT2D eigenvalue weighted by Crippen LogP contribution is 2.20. The summed E-state index contributed by atoms with van der Waals surface area (Å²) in [5, 5.41) is 8.55. The molecule has 1 aromatic carbocycles. The fourth-order valence-corrected chi connectivity index (χ4v) is 2.85. The monoisotopic (exact) mass is 508 g/mol. The Kier molecular flexibility index (Phi) is 24.7. The number of halogens is 1. The van der Waals surface area contributed by atoms with E-state index < -0.39 is 0 Å². The van der Waals surface area contributed by atoms with E-state index in [4.69, 9.17) is 26.9 Å². The Labute approximate surface area is 215 Å². The van der Waals surface area contributed by atoms with E-state index in [0.717, 1.165) is 36.6 Å². The van der Waals surface area contributed by atoms with Crippen molar-refractivity contribution in [3.63, 3.8) is 0 Å². The van der Waals surface area contributed by atoms with E-state index in [0.29, 0.717) is 5.02 Å². The Morgan fingerprint density at radius 2 is 1.88 bits per heavy atom. The summed E-state index contributed by atoms with van der Waals surface area (Å²) in [6.45, 7) is 13.3. The smallest absolute Gasteiger partial charge is 0.116 e. The number of rotatable bonds is 5. The van der Waals surface area contributed by atoms with Gasteiger partial charge >= 0.3 is 0 Å². The topological polar surface area (TPSA) is 88.7 Å². The number of aldehydes is 1. The number of aliphatic imine (C=N–C) groups is 1. The second kappa shape index (κ2) is 25.0. The number of ether oxygens (including phenoxy) is 1. The molecule has 0 saturated carbocycles. The molecule has 1 aliphatic rings. The maximum Gasteiger partial charge on any atom is 0.116 e. The number of nitrogens with two attached hydrogens (primary N) is 1. The van der Waals surface area contributed by atoms with E-state index in [9.17, 15) is 0 Å². The van der Waals surface area contributed by atoms with Crippen LogP contribution in [-0.2, 0) is 9.53 Å². The molecule has 3 rings (SSSR count). The molecule has 0 amide bonds. The van der Waals surface area contributed by atoms with Crippen LogP contribution in [0, 0.1) is 6.92 Å². The summed E-state index contributed by atoms with van der Waals surface area (Å²) in [5.74, 6) is 0. The van der Waals surface area contributed by atoms with Gasteiger partial charge in [-0.15, -0.1) is 11.3 Å². The number of para-hydroxylation sites is 1. The van der Waals surface area contributed by atoms with Crippen molar-refractivity contribution in [2.24, 2.45) is 10.7 Å². The van der Waals surface area contributed by atoms with Crippen molar-refractivity contribution < 1.29 is 9.53 Å². The van der Waals surface area contributed by atoms with Crippen LogP contribution in [0.1, 0.15) is 44.9 Å². The molecule has 8 heteroatoms. The molecular weight excluding hydrogens is 468 g/mol.